The summed E-state index contributed by atoms with van der Waals surface area (Å²) < 4.78 is 28.9. The molecule has 0 aliphatic carbocycles. The number of halogens is 2. The van der Waals surface area contributed by atoms with Crippen molar-refractivity contribution in [3.63, 3.8) is 0 Å². The Hall–Kier alpha value is -3.35. The zero-order chi connectivity index (χ0) is 19.6. The van der Waals surface area contributed by atoms with Crippen LogP contribution in [-0.2, 0) is 6.54 Å². The molecular formula is C20H17F2N3O2. The van der Waals surface area contributed by atoms with Gasteiger partial charge in [0.05, 0.1) is 0 Å². The van der Waals surface area contributed by atoms with E-state index < -0.39 is 17.2 Å². The van der Waals surface area contributed by atoms with E-state index in [0.717, 1.165) is 0 Å². The normalized spacial score (nSPS) is 10.7. The monoisotopic (exact) mass is 369 g/mol. The molecule has 0 saturated heterocycles. The Morgan fingerprint density at radius 2 is 1.81 bits per heavy atom. The molecule has 0 unspecified atom stereocenters. The number of carbonyl (C=O) groups is 1. The highest BCUT2D eigenvalue weighted by Crippen LogP contribution is 2.13. The minimum atomic E-state index is -0.717. The Morgan fingerprint density at radius 3 is 2.52 bits per heavy atom. The summed E-state index contributed by atoms with van der Waals surface area (Å²) in [5.41, 5.74) is 0.627. The average molecular weight is 369 g/mol. The molecule has 0 atom stereocenters. The third-order valence-corrected chi connectivity index (χ3v) is 4.09. The van der Waals surface area contributed by atoms with Crippen molar-refractivity contribution >= 4 is 5.91 Å². The van der Waals surface area contributed by atoms with Gasteiger partial charge in [-0.25, -0.2) is 13.5 Å². The van der Waals surface area contributed by atoms with Gasteiger partial charge in [0.2, 0.25) is 5.43 Å². The van der Waals surface area contributed by atoms with Crippen molar-refractivity contribution in [2.75, 3.05) is 0 Å². The standard InChI is InChI=1S/C20H17F2N3O2/c1-12-7-8-14(10-16(12)22)11-23-20(27)19-18(26)9-13(2)25(24-19)17-6-4-3-5-15(17)21/h3-10H,11H2,1-2H3,(H,23,27). The van der Waals surface area contributed by atoms with Crippen LogP contribution >= 0.6 is 0 Å². The first kappa shape index (κ1) is 18.4. The third-order valence-electron chi connectivity index (χ3n) is 4.09. The van der Waals surface area contributed by atoms with Crippen LogP contribution in [0.15, 0.2) is 53.3 Å². The Kier molecular flexibility index (Phi) is 5.12. The van der Waals surface area contributed by atoms with Crippen LogP contribution in [-0.4, -0.2) is 15.7 Å². The van der Waals surface area contributed by atoms with Gasteiger partial charge in [0, 0.05) is 18.3 Å². The average Bonchev–Trinajstić information content (AvgIpc) is 2.63. The number of aryl methyl sites for hydroxylation is 2. The quantitative estimate of drug-likeness (QED) is 0.769. The number of rotatable bonds is 4. The molecule has 0 bridgehead atoms. The number of amides is 1. The predicted molar refractivity (Wildman–Crippen MR) is 96.8 cm³/mol. The summed E-state index contributed by atoms with van der Waals surface area (Å²) in [6, 6.07) is 11.7. The van der Waals surface area contributed by atoms with Gasteiger partial charge in [-0.15, -0.1) is 0 Å². The van der Waals surface area contributed by atoms with E-state index in [1.165, 1.54) is 35.0 Å². The van der Waals surface area contributed by atoms with Crippen molar-refractivity contribution < 1.29 is 13.6 Å². The highest BCUT2D eigenvalue weighted by Gasteiger charge is 2.16. The molecule has 5 nitrogen and oxygen atoms in total. The first-order valence-corrected chi connectivity index (χ1v) is 8.26. The van der Waals surface area contributed by atoms with Gasteiger partial charge in [0.1, 0.15) is 17.3 Å². The third kappa shape index (κ3) is 3.92. The summed E-state index contributed by atoms with van der Waals surface area (Å²) in [5.74, 6) is -1.62. The number of aromatic nitrogens is 2. The number of para-hydroxylation sites is 1. The van der Waals surface area contributed by atoms with Crippen molar-refractivity contribution in [3.05, 3.63) is 92.9 Å². The van der Waals surface area contributed by atoms with E-state index in [1.54, 1.807) is 32.0 Å². The molecule has 7 heteroatoms. The lowest BCUT2D eigenvalue weighted by atomic mass is 10.1. The van der Waals surface area contributed by atoms with Gasteiger partial charge in [-0.1, -0.05) is 24.3 Å². The Bertz CT molecular complexity index is 1080. The molecule has 0 saturated carbocycles. The zero-order valence-corrected chi connectivity index (χ0v) is 14.8. The van der Waals surface area contributed by atoms with Crippen molar-refractivity contribution in [2.45, 2.75) is 20.4 Å². The highest BCUT2D eigenvalue weighted by atomic mass is 19.1. The Morgan fingerprint density at radius 1 is 1.07 bits per heavy atom. The molecule has 138 valence electrons. The lowest BCUT2D eigenvalue weighted by Crippen LogP contribution is -2.31. The fraction of sp³-hybridized carbons (Fsp3) is 0.150. The number of carbonyl (C=O) groups excluding carboxylic acids is 1. The topological polar surface area (TPSA) is 64.0 Å². The zero-order valence-electron chi connectivity index (χ0n) is 14.8. The van der Waals surface area contributed by atoms with Gasteiger partial charge < -0.3 is 5.32 Å². The second-order valence-electron chi connectivity index (χ2n) is 6.13. The molecule has 3 aromatic rings. The van der Waals surface area contributed by atoms with Gasteiger partial charge in [0.15, 0.2) is 5.69 Å². The second kappa shape index (κ2) is 7.49. The molecule has 1 N–H and O–H groups in total. The molecule has 3 rings (SSSR count). The first-order chi connectivity index (χ1) is 12.9. The molecule has 1 aromatic heterocycles. The van der Waals surface area contributed by atoms with Crippen LogP contribution in [0.5, 0.6) is 0 Å². The maximum atomic E-state index is 14.1. The van der Waals surface area contributed by atoms with Crippen LogP contribution in [0, 0.1) is 25.5 Å². The first-order valence-electron chi connectivity index (χ1n) is 8.26. The predicted octanol–water partition coefficient (Wildman–Crippen LogP) is 3.06. The summed E-state index contributed by atoms with van der Waals surface area (Å²) >= 11 is 0. The van der Waals surface area contributed by atoms with Crippen LogP contribution in [0.2, 0.25) is 0 Å². The van der Waals surface area contributed by atoms with Gasteiger partial charge in [-0.2, -0.15) is 5.10 Å². The number of nitrogens with one attached hydrogen (secondary N) is 1. The summed E-state index contributed by atoms with van der Waals surface area (Å²) in [6.45, 7) is 3.27. The fourth-order valence-corrected chi connectivity index (χ4v) is 2.58. The molecule has 0 aliphatic heterocycles. The smallest absolute Gasteiger partial charge is 0.276 e. The molecule has 27 heavy (non-hydrogen) atoms. The van der Waals surface area contributed by atoms with Gasteiger partial charge in [-0.3, -0.25) is 9.59 Å². The van der Waals surface area contributed by atoms with E-state index in [9.17, 15) is 18.4 Å². The maximum Gasteiger partial charge on any atom is 0.276 e. The van der Waals surface area contributed by atoms with Crippen LogP contribution in [0.4, 0.5) is 8.78 Å². The lowest BCUT2D eigenvalue weighted by molar-refractivity contribution is 0.0943. The van der Waals surface area contributed by atoms with Gasteiger partial charge in [0.25, 0.3) is 5.91 Å². The van der Waals surface area contributed by atoms with E-state index >= 15 is 0 Å². The van der Waals surface area contributed by atoms with Crippen LogP contribution in [0.25, 0.3) is 5.69 Å². The van der Waals surface area contributed by atoms with E-state index in [4.69, 9.17) is 0 Å². The Balaban J connectivity index is 1.88. The molecule has 1 heterocycles. The summed E-state index contributed by atoms with van der Waals surface area (Å²) in [7, 11) is 0. The highest BCUT2D eigenvalue weighted by molar-refractivity contribution is 5.92. The molecule has 0 fully saturated rings. The molecule has 1 amide bonds. The van der Waals surface area contributed by atoms with Gasteiger partial charge in [-0.05, 0) is 43.2 Å². The van der Waals surface area contributed by atoms with Crippen molar-refractivity contribution in [2.24, 2.45) is 0 Å². The fourth-order valence-electron chi connectivity index (χ4n) is 2.58. The maximum absolute atomic E-state index is 14.1. The van der Waals surface area contributed by atoms with E-state index in [0.29, 0.717) is 16.8 Å². The van der Waals surface area contributed by atoms with Crippen molar-refractivity contribution in [1.29, 1.82) is 0 Å². The van der Waals surface area contributed by atoms with Crippen LogP contribution in [0.1, 0.15) is 27.3 Å². The van der Waals surface area contributed by atoms with Crippen molar-refractivity contribution in [1.82, 2.24) is 15.1 Å². The Labute approximate surface area is 154 Å². The second-order valence-corrected chi connectivity index (χ2v) is 6.13. The lowest BCUT2D eigenvalue weighted by Gasteiger charge is -2.12. The molecule has 0 spiro atoms. The molecule has 0 aliphatic rings. The number of hydrogen-bond acceptors (Lipinski definition) is 3. The van der Waals surface area contributed by atoms with Crippen molar-refractivity contribution in [3.8, 4) is 5.69 Å². The summed E-state index contributed by atoms with van der Waals surface area (Å²) in [5, 5.41) is 6.57. The number of nitrogens with zero attached hydrogens (tertiary/aromatic N) is 2. The van der Waals surface area contributed by atoms with E-state index in [-0.39, 0.29) is 23.7 Å². The number of benzene rings is 2. The largest absolute Gasteiger partial charge is 0.346 e. The summed E-state index contributed by atoms with van der Waals surface area (Å²) in [4.78, 5) is 24.6. The molecular weight excluding hydrogens is 352 g/mol. The van der Waals surface area contributed by atoms with Gasteiger partial charge >= 0.3 is 0 Å². The van der Waals surface area contributed by atoms with Crippen LogP contribution in [0.3, 0.4) is 0 Å². The van der Waals surface area contributed by atoms with Crippen LogP contribution < -0.4 is 10.7 Å². The van der Waals surface area contributed by atoms with E-state index in [1.807, 2.05) is 0 Å². The molecule has 0 radical (unpaired) electrons. The minimum absolute atomic E-state index is 0.0325. The minimum Gasteiger partial charge on any atom is -0.346 e. The molecule has 2 aromatic carbocycles. The number of hydrogen-bond donors (Lipinski definition) is 1. The summed E-state index contributed by atoms with van der Waals surface area (Å²) in [6.07, 6.45) is 0. The SMILES string of the molecule is Cc1ccc(CNC(=O)c2nn(-c3ccccc3F)c(C)cc2=O)cc1F. The van der Waals surface area contributed by atoms with E-state index in [2.05, 4.69) is 10.4 Å².